The van der Waals surface area contributed by atoms with Crippen molar-refractivity contribution in [3.63, 3.8) is 0 Å². The predicted molar refractivity (Wildman–Crippen MR) is 101 cm³/mol. The zero-order valence-electron chi connectivity index (χ0n) is 14.3. The van der Waals surface area contributed by atoms with Crippen molar-refractivity contribution >= 4 is 11.8 Å². The van der Waals surface area contributed by atoms with Gasteiger partial charge >= 0.3 is 0 Å². The second-order valence-corrected chi connectivity index (χ2v) is 6.45. The molecule has 0 radical (unpaired) electrons. The lowest BCUT2D eigenvalue weighted by Gasteiger charge is -2.15. The van der Waals surface area contributed by atoms with E-state index in [0.29, 0.717) is 29.8 Å². The minimum Gasteiger partial charge on any atom is -0.472 e. The van der Waals surface area contributed by atoms with E-state index in [-0.39, 0.29) is 5.56 Å². The van der Waals surface area contributed by atoms with Crippen LogP contribution in [0.15, 0.2) is 70.6 Å². The highest BCUT2D eigenvalue weighted by Crippen LogP contribution is 2.19. The van der Waals surface area contributed by atoms with E-state index in [4.69, 9.17) is 4.74 Å². The molecule has 5 heteroatoms. The molecule has 1 aromatic heterocycles. The van der Waals surface area contributed by atoms with Gasteiger partial charge in [-0.25, -0.2) is 0 Å². The van der Waals surface area contributed by atoms with Gasteiger partial charge in [-0.1, -0.05) is 72.4 Å². The van der Waals surface area contributed by atoms with Crippen molar-refractivity contribution in [1.29, 1.82) is 0 Å². The molecule has 3 rings (SSSR count). The van der Waals surface area contributed by atoms with Gasteiger partial charge in [-0.15, -0.1) is 0 Å². The third kappa shape index (κ3) is 4.12. The Labute approximate surface area is 151 Å². The Morgan fingerprint density at radius 3 is 2.20 bits per heavy atom. The molecule has 0 atom stereocenters. The van der Waals surface area contributed by atoms with E-state index < -0.39 is 0 Å². The van der Waals surface area contributed by atoms with Crippen LogP contribution in [0.5, 0.6) is 5.88 Å². The van der Waals surface area contributed by atoms with Gasteiger partial charge < -0.3 is 4.74 Å². The standard InChI is InChI=1S/C20H20N2O2S/c1-15-18(24-14-17-11-7-4-8-12-17)21-20(25-2)22(19(15)23)13-16-9-5-3-6-10-16/h3-12H,13-14H2,1-2H3. The normalized spacial score (nSPS) is 10.6. The third-order valence-corrected chi connectivity index (χ3v) is 4.58. The Morgan fingerprint density at radius 2 is 1.60 bits per heavy atom. The van der Waals surface area contributed by atoms with Gasteiger partial charge in [-0.05, 0) is 24.3 Å². The van der Waals surface area contributed by atoms with Crippen LogP contribution in [0, 0.1) is 6.92 Å². The summed E-state index contributed by atoms with van der Waals surface area (Å²) in [5.74, 6) is 0.405. The highest BCUT2D eigenvalue weighted by Gasteiger charge is 2.14. The van der Waals surface area contributed by atoms with Crippen LogP contribution in [0.4, 0.5) is 0 Å². The molecule has 0 aliphatic carbocycles. The van der Waals surface area contributed by atoms with Gasteiger partial charge in [-0.3, -0.25) is 9.36 Å². The van der Waals surface area contributed by atoms with Crippen molar-refractivity contribution in [3.05, 3.63) is 87.7 Å². The molecule has 0 amide bonds. The van der Waals surface area contributed by atoms with E-state index >= 15 is 0 Å². The van der Waals surface area contributed by atoms with Crippen LogP contribution in [-0.2, 0) is 13.2 Å². The number of nitrogens with zero attached hydrogens (tertiary/aromatic N) is 2. The highest BCUT2D eigenvalue weighted by molar-refractivity contribution is 7.98. The van der Waals surface area contributed by atoms with Crippen LogP contribution in [0.1, 0.15) is 16.7 Å². The fourth-order valence-electron chi connectivity index (χ4n) is 2.54. The Morgan fingerprint density at radius 1 is 1.00 bits per heavy atom. The summed E-state index contributed by atoms with van der Waals surface area (Å²) in [6.07, 6.45) is 1.92. The molecule has 25 heavy (non-hydrogen) atoms. The topological polar surface area (TPSA) is 44.1 Å². The lowest BCUT2D eigenvalue weighted by molar-refractivity contribution is 0.285. The van der Waals surface area contributed by atoms with Crippen LogP contribution in [-0.4, -0.2) is 15.8 Å². The molecule has 0 unspecified atom stereocenters. The van der Waals surface area contributed by atoms with Crippen molar-refractivity contribution in [3.8, 4) is 5.88 Å². The maximum Gasteiger partial charge on any atom is 0.261 e. The van der Waals surface area contributed by atoms with Crippen LogP contribution in [0.3, 0.4) is 0 Å². The van der Waals surface area contributed by atoms with Crippen molar-refractivity contribution < 1.29 is 4.74 Å². The minimum atomic E-state index is -0.0636. The fourth-order valence-corrected chi connectivity index (χ4v) is 3.08. The zero-order valence-corrected chi connectivity index (χ0v) is 15.1. The molecule has 2 aromatic carbocycles. The molecular formula is C20H20N2O2S. The van der Waals surface area contributed by atoms with Gasteiger partial charge in [0.25, 0.3) is 5.56 Å². The van der Waals surface area contributed by atoms with Gasteiger partial charge in [-0.2, -0.15) is 4.98 Å². The maximum atomic E-state index is 12.8. The predicted octanol–water partition coefficient (Wildman–Crippen LogP) is 3.90. The molecule has 0 spiro atoms. The number of hydrogen-bond acceptors (Lipinski definition) is 4. The maximum absolute atomic E-state index is 12.8. The van der Waals surface area contributed by atoms with E-state index in [2.05, 4.69) is 4.98 Å². The first-order valence-corrected chi connectivity index (χ1v) is 9.27. The van der Waals surface area contributed by atoms with Crippen molar-refractivity contribution in [2.75, 3.05) is 6.26 Å². The van der Waals surface area contributed by atoms with Crippen LogP contribution in [0.2, 0.25) is 0 Å². The first-order valence-electron chi connectivity index (χ1n) is 8.05. The molecule has 1 heterocycles. The number of ether oxygens (including phenoxy) is 1. The molecule has 0 aliphatic rings. The first-order chi connectivity index (χ1) is 12.2. The molecule has 4 nitrogen and oxygen atoms in total. The average molecular weight is 352 g/mol. The summed E-state index contributed by atoms with van der Waals surface area (Å²) in [7, 11) is 0. The first kappa shape index (κ1) is 17.3. The number of benzene rings is 2. The number of aromatic nitrogens is 2. The second-order valence-electron chi connectivity index (χ2n) is 5.68. The van der Waals surface area contributed by atoms with E-state index in [9.17, 15) is 4.79 Å². The molecule has 0 N–H and O–H groups in total. The number of thioether (sulfide) groups is 1. The molecule has 0 aliphatic heterocycles. The fraction of sp³-hybridized carbons (Fsp3) is 0.200. The smallest absolute Gasteiger partial charge is 0.261 e. The van der Waals surface area contributed by atoms with Gasteiger partial charge in [0, 0.05) is 0 Å². The quantitative estimate of drug-likeness (QED) is 0.498. The Hall–Kier alpha value is -2.53. The van der Waals surface area contributed by atoms with Gasteiger partial charge in [0.15, 0.2) is 5.16 Å². The zero-order chi connectivity index (χ0) is 17.6. The molecule has 3 aromatic rings. The monoisotopic (exact) mass is 352 g/mol. The van der Waals surface area contributed by atoms with E-state index in [1.54, 1.807) is 11.5 Å². The molecular weight excluding hydrogens is 332 g/mol. The van der Waals surface area contributed by atoms with Crippen molar-refractivity contribution in [1.82, 2.24) is 9.55 Å². The molecule has 0 fully saturated rings. The summed E-state index contributed by atoms with van der Waals surface area (Å²) in [5.41, 5.74) is 2.58. The summed E-state index contributed by atoms with van der Waals surface area (Å²) in [6.45, 7) is 2.66. The van der Waals surface area contributed by atoms with E-state index in [1.165, 1.54) is 11.8 Å². The largest absolute Gasteiger partial charge is 0.472 e. The van der Waals surface area contributed by atoms with Gasteiger partial charge in [0.2, 0.25) is 5.88 Å². The van der Waals surface area contributed by atoms with E-state index in [0.717, 1.165) is 11.1 Å². The minimum absolute atomic E-state index is 0.0636. The summed E-state index contributed by atoms with van der Waals surface area (Å²) >= 11 is 1.45. The summed E-state index contributed by atoms with van der Waals surface area (Å²) in [5, 5.41) is 0.655. The molecule has 0 saturated heterocycles. The summed E-state index contributed by atoms with van der Waals surface area (Å²) in [4.78, 5) is 17.4. The number of rotatable bonds is 6. The van der Waals surface area contributed by atoms with Crippen molar-refractivity contribution in [2.24, 2.45) is 0 Å². The Kier molecular flexibility index (Phi) is 5.56. The average Bonchev–Trinajstić information content (AvgIpc) is 2.66. The van der Waals surface area contributed by atoms with Crippen LogP contribution in [0.25, 0.3) is 0 Å². The van der Waals surface area contributed by atoms with Crippen LogP contribution < -0.4 is 10.3 Å². The van der Waals surface area contributed by atoms with E-state index in [1.807, 2.05) is 66.9 Å². The second kappa shape index (κ2) is 8.03. The lowest BCUT2D eigenvalue weighted by atomic mass is 10.2. The summed E-state index contributed by atoms with van der Waals surface area (Å²) in [6, 6.07) is 19.8. The third-order valence-electron chi connectivity index (χ3n) is 3.90. The Bertz CT molecular complexity index is 893. The summed E-state index contributed by atoms with van der Waals surface area (Å²) < 4.78 is 7.51. The SMILES string of the molecule is CSc1nc(OCc2ccccc2)c(C)c(=O)n1Cc1ccccc1. The highest BCUT2D eigenvalue weighted by atomic mass is 32.2. The molecule has 0 saturated carbocycles. The number of hydrogen-bond donors (Lipinski definition) is 0. The lowest BCUT2D eigenvalue weighted by Crippen LogP contribution is -2.26. The van der Waals surface area contributed by atoms with Crippen LogP contribution >= 0.6 is 11.8 Å². The molecule has 0 bridgehead atoms. The van der Waals surface area contributed by atoms with Gasteiger partial charge in [0.1, 0.15) is 6.61 Å². The Balaban J connectivity index is 1.89. The molecule has 128 valence electrons. The van der Waals surface area contributed by atoms with Gasteiger partial charge in [0.05, 0.1) is 12.1 Å². The van der Waals surface area contributed by atoms with Crippen molar-refractivity contribution in [2.45, 2.75) is 25.2 Å².